The minimum Gasteiger partial charge on any atom is -0.493 e. The maximum absolute atomic E-state index is 13.4. The number of amides is 2. The highest BCUT2D eigenvalue weighted by atomic mass is 16.5. The van der Waals surface area contributed by atoms with Crippen LogP contribution < -0.4 is 9.47 Å². The van der Waals surface area contributed by atoms with Gasteiger partial charge in [0.05, 0.1) is 25.7 Å². The lowest BCUT2D eigenvalue weighted by Crippen LogP contribution is -2.50. The predicted octanol–water partition coefficient (Wildman–Crippen LogP) is 2.47. The number of piperidine rings is 1. The number of likely N-dealkylation sites (tertiary alicyclic amines) is 2. The molecule has 0 aromatic heterocycles. The van der Waals surface area contributed by atoms with Crippen LogP contribution in [0.4, 0.5) is 0 Å². The van der Waals surface area contributed by atoms with E-state index in [1.54, 1.807) is 19.1 Å². The van der Waals surface area contributed by atoms with Crippen LogP contribution in [0.15, 0.2) is 18.2 Å². The molecule has 29 heavy (non-hydrogen) atoms. The molecule has 160 valence electrons. The van der Waals surface area contributed by atoms with E-state index in [0.29, 0.717) is 44.1 Å². The van der Waals surface area contributed by atoms with E-state index in [0.717, 1.165) is 18.4 Å². The number of hydrogen-bond acceptors (Lipinski definition) is 5. The quantitative estimate of drug-likeness (QED) is 0.698. The zero-order chi connectivity index (χ0) is 21.0. The number of methoxy groups -OCH3 is 2. The fraction of sp³-hybridized carbons (Fsp3) is 0.636. The summed E-state index contributed by atoms with van der Waals surface area (Å²) in [6, 6.07) is 5.72. The van der Waals surface area contributed by atoms with E-state index in [1.165, 1.54) is 0 Å². The van der Waals surface area contributed by atoms with Crippen LogP contribution in [0.2, 0.25) is 0 Å². The lowest BCUT2D eigenvalue weighted by molar-refractivity contribution is -0.147. The summed E-state index contributed by atoms with van der Waals surface area (Å²) in [6.07, 6.45) is 2.49. The Morgan fingerprint density at radius 1 is 1.17 bits per heavy atom. The Kier molecular flexibility index (Phi) is 6.67. The predicted molar refractivity (Wildman–Crippen MR) is 109 cm³/mol. The van der Waals surface area contributed by atoms with Crippen LogP contribution in [-0.4, -0.2) is 68.2 Å². The van der Waals surface area contributed by atoms with E-state index in [-0.39, 0.29) is 24.5 Å². The third kappa shape index (κ3) is 4.50. The normalized spacial score (nSPS) is 21.9. The van der Waals surface area contributed by atoms with Gasteiger partial charge in [0.25, 0.3) is 0 Å². The van der Waals surface area contributed by atoms with Crippen molar-refractivity contribution in [3.05, 3.63) is 23.8 Å². The number of carbonyl (C=O) groups excluding carboxylic acids is 2. The van der Waals surface area contributed by atoms with Gasteiger partial charge >= 0.3 is 0 Å². The van der Waals surface area contributed by atoms with E-state index in [1.807, 2.05) is 36.9 Å². The molecule has 2 aliphatic rings. The van der Waals surface area contributed by atoms with Gasteiger partial charge in [0.2, 0.25) is 11.8 Å². The van der Waals surface area contributed by atoms with Crippen LogP contribution >= 0.6 is 0 Å². The second-order valence-electron chi connectivity index (χ2n) is 8.19. The average molecular weight is 405 g/mol. The molecule has 2 heterocycles. The number of hydrogen-bond donors (Lipinski definition) is 0. The fourth-order valence-electron chi connectivity index (χ4n) is 4.38. The average Bonchev–Trinajstić information content (AvgIpc) is 3.14. The van der Waals surface area contributed by atoms with Crippen molar-refractivity contribution >= 4 is 11.8 Å². The summed E-state index contributed by atoms with van der Waals surface area (Å²) < 4.78 is 16.4. The monoisotopic (exact) mass is 404 g/mol. The Hall–Kier alpha value is -2.28. The molecule has 0 bridgehead atoms. The molecule has 0 saturated carbocycles. The highest BCUT2D eigenvalue weighted by molar-refractivity contribution is 5.86. The van der Waals surface area contributed by atoms with Gasteiger partial charge in [-0.1, -0.05) is 12.1 Å². The van der Waals surface area contributed by atoms with Crippen molar-refractivity contribution in [2.45, 2.75) is 45.8 Å². The van der Waals surface area contributed by atoms with Crippen molar-refractivity contribution < 1.29 is 23.8 Å². The van der Waals surface area contributed by atoms with Crippen molar-refractivity contribution in [3.63, 3.8) is 0 Å². The molecule has 1 aromatic rings. The van der Waals surface area contributed by atoms with Crippen LogP contribution in [0, 0.1) is 5.41 Å². The topological polar surface area (TPSA) is 68.3 Å². The Morgan fingerprint density at radius 3 is 2.66 bits per heavy atom. The minimum absolute atomic E-state index is 0.0140. The van der Waals surface area contributed by atoms with E-state index in [9.17, 15) is 9.59 Å². The first-order valence-electron chi connectivity index (χ1n) is 10.3. The summed E-state index contributed by atoms with van der Waals surface area (Å²) >= 11 is 0. The Morgan fingerprint density at radius 2 is 1.97 bits per heavy atom. The molecule has 1 atom stereocenters. The SMILES string of the molecule is COc1cccc(CN2CCC[C@]3(CCN(C(=O)COC(C)C)C3)C2=O)c1OC. The lowest BCUT2D eigenvalue weighted by Gasteiger charge is -2.39. The largest absolute Gasteiger partial charge is 0.493 e. The van der Waals surface area contributed by atoms with Gasteiger partial charge in [0, 0.05) is 31.7 Å². The van der Waals surface area contributed by atoms with Crippen molar-refractivity contribution in [3.8, 4) is 11.5 Å². The van der Waals surface area contributed by atoms with E-state index in [4.69, 9.17) is 14.2 Å². The molecule has 1 spiro atoms. The second-order valence-corrected chi connectivity index (χ2v) is 8.19. The molecule has 0 radical (unpaired) electrons. The summed E-state index contributed by atoms with van der Waals surface area (Å²) in [5.74, 6) is 1.42. The molecule has 0 N–H and O–H groups in total. The molecule has 1 aromatic carbocycles. The van der Waals surface area contributed by atoms with Gasteiger partial charge in [-0.25, -0.2) is 0 Å². The first-order chi connectivity index (χ1) is 13.9. The maximum atomic E-state index is 13.4. The summed E-state index contributed by atoms with van der Waals surface area (Å²) in [5, 5.41) is 0. The standard InChI is InChI=1S/C22H32N2O5/c1-16(2)29-14-19(25)24-12-10-22(15-24)9-6-11-23(21(22)26)13-17-7-5-8-18(27-3)20(17)28-4/h5,7-8,16H,6,9-15H2,1-4H3/t22-/m1/s1. The molecular formula is C22H32N2O5. The third-order valence-corrected chi connectivity index (χ3v) is 5.92. The maximum Gasteiger partial charge on any atom is 0.248 e. The van der Waals surface area contributed by atoms with Crippen molar-refractivity contribution in [1.29, 1.82) is 0 Å². The van der Waals surface area contributed by atoms with Crippen LogP contribution in [0.3, 0.4) is 0 Å². The first-order valence-corrected chi connectivity index (χ1v) is 10.3. The Balaban J connectivity index is 1.71. The van der Waals surface area contributed by atoms with Crippen LogP contribution in [-0.2, 0) is 20.9 Å². The Labute approximate surface area is 172 Å². The van der Waals surface area contributed by atoms with Gasteiger partial charge in [-0.15, -0.1) is 0 Å². The molecule has 7 nitrogen and oxygen atoms in total. The van der Waals surface area contributed by atoms with Crippen LogP contribution in [0.25, 0.3) is 0 Å². The van der Waals surface area contributed by atoms with E-state index in [2.05, 4.69) is 0 Å². The zero-order valence-electron chi connectivity index (χ0n) is 17.9. The van der Waals surface area contributed by atoms with Gasteiger partial charge in [-0.05, 0) is 39.2 Å². The molecule has 3 rings (SSSR count). The van der Waals surface area contributed by atoms with E-state index >= 15 is 0 Å². The number of ether oxygens (including phenoxy) is 3. The molecular weight excluding hydrogens is 372 g/mol. The highest BCUT2D eigenvalue weighted by Crippen LogP contribution is 2.41. The summed E-state index contributed by atoms with van der Waals surface area (Å²) in [6.45, 7) is 6.19. The molecule has 0 unspecified atom stereocenters. The number of nitrogens with zero attached hydrogens (tertiary/aromatic N) is 2. The lowest BCUT2D eigenvalue weighted by atomic mass is 9.78. The molecule has 7 heteroatoms. The molecule has 0 aliphatic carbocycles. The Bertz CT molecular complexity index is 751. The van der Waals surface area contributed by atoms with Gasteiger partial charge in [-0.2, -0.15) is 0 Å². The smallest absolute Gasteiger partial charge is 0.248 e. The van der Waals surface area contributed by atoms with Gasteiger partial charge in [0.15, 0.2) is 11.5 Å². The van der Waals surface area contributed by atoms with Crippen molar-refractivity contribution in [1.82, 2.24) is 9.80 Å². The number of para-hydroxylation sites is 1. The second kappa shape index (κ2) is 9.03. The van der Waals surface area contributed by atoms with Crippen LogP contribution in [0.1, 0.15) is 38.7 Å². The zero-order valence-corrected chi connectivity index (χ0v) is 17.9. The molecule has 2 amide bonds. The molecule has 2 aliphatic heterocycles. The number of carbonyl (C=O) groups is 2. The summed E-state index contributed by atoms with van der Waals surface area (Å²) in [4.78, 5) is 29.6. The van der Waals surface area contributed by atoms with Gasteiger partial charge in [0.1, 0.15) is 6.61 Å². The molecule has 2 saturated heterocycles. The van der Waals surface area contributed by atoms with Gasteiger partial charge in [-0.3, -0.25) is 9.59 Å². The number of rotatable bonds is 7. The van der Waals surface area contributed by atoms with Crippen LogP contribution in [0.5, 0.6) is 11.5 Å². The summed E-state index contributed by atoms with van der Waals surface area (Å²) in [5.41, 5.74) is 0.450. The fourth-order valence-corrected chi connectivity index (χ4v) is 4.38. The van der Waals surface area contributed by atoms with Crippen molar-refractivity contribution in [2.75, 3.05) is 40.5 Å². The number of benzene rings is 1. The van der Waals surface area contributed by atoms with E-state index < -0.39 is 5.41 Å². The highest BCUT2D eigenvalue weighted by Gasteiger charge is 2.49. The van der Waals surface area contributed by atoms with Gasteiger partial charge < -0.3 is 24.0 Å². The minimum atomic E-state index is -0.474. The van der Waals surface area contributed by atoms with Crippen molar-refractivity contribution in [2.24, 2.45) is 5.41 Å². The summed E-state index contributed by atoms with van der Waals surface area (Å²) in [7, 11) is 3.22. The first kappa shape index (κ1) is 21.4. The molecule has 2 fully saturated rings. The third-order valence-electron chi connectivity index (χ3n) is 5.92.